The van der Waals surface area contributed by atoms with Gasteiger partial charge >= 0.3 is 0 Å². The predicted octanol–water partition coefficient (Wildman–Crippen LogP) is 2.98. The van der Waals surface area contributed by atoms with Gasteiger partial charge in [-0.2, -0.15) is 5.26 Å². The lowest BCUT2D eigenvalue weighted by molar-refractivity contribution is -0.298. The summed E-state index contributed by atoms with van der Waals surface area (Å²) in [6.45, 7) is 3.90. The van der Waals surface area contributed by atoms with Crippen LogP contribution in [0, 0.1) is 24.2 Å². The molecule has 1 saturated carbocycles. The zero-order chi connectivity index (χ0) is 24.7. The van der Waals surface area contributed by atoms with Crippen LogP contribution < -0.4 is 5.73 Å². The largest absolute Gasteiger partial charge is 0.382 e. The smallest absolute Gasteiger partial charge is 0.225 e. The highest BCUT2D eigenvalue weighted by molar-refractivity contribution is 6.41. The predicted molar refractivity (Wildman–Crippen MR) is 135 cm³/mol. The fourth-order valence-electron chi connectivity index (χ4n) is 5.04. The summed E-state index contributed by atoms with van der Waals surface area (Å²) in [5.41, 5.74) is 10.3. The Morgan fingerprint density at radius 3 is 2.41 bits per heavy atom. The lowest BCUT2D eigenvalue weighted by Gasteiger charge is -2.39. The second kappa shape index (κ2) is 9.16. The average Bonchev–Trinajstić information content (AvgIpc) is 3.08. The van der Waals surface area contributed by atoms with Gasteiger partial charge in [0, 0.05) is 16.5 Å². The van der Waals surface area contributed by atoms with Crippen LogP contribution in [0.1, 0.15) is 49.3 Å². The molecular formula is C25H28BClN4O3. The minimum atomic E-state index is -2.15. The maximum Gasteiger partial charge on any atom is 0.225 e. The van der Waals surface area contributed by atoms with Gasteiger partial charge in [-0.05, 0) is 80.5 Å². The summed E-state index contributed by atoms with van der Waals surface area (Å²) < 4.78 is 5.38. The Morgan fingerprint density at radius 1 is 1.12 bits per heavy atom. The van der Waals surface area contributed by atoms with Crippen molar-refractivity contribution in [1.82, 2.24) is 0 Å². The number of hydrogen-bond donors (Lipinski definition) is 3. The maximum absolute atomic E-state index is 9.62. The highest BCUT2D eigenvalue weighted by atomic mass is 35.5. The Balaban J connectivity index is 1.75. The molecule has 7 nitrogen and oxygen atoms in total. The van der Waals surface area contributed by atoms with Crippen molar-refractivity contribution in [3.8, 4) is 17.2 Å². The van der Waals surface area contributed by atoms with E-state index in [-0.39, 0.29) is 12.0 Å². The van der Waals surface area contributed by atoms with Crippen LogP contribution in [-0.4, -0.2) is 41.6 Å². The molecule has 1 unspecified atom stereocenters. The number of aliphatic imine (C=N–C) groups is 2. The van der Waals surface area contributed by atoms with E-state index in [1.165, 1.54) is 7.85 Å². The number of halogens is 1. The third-order valence-electron chi connectivity index (χ3n) is 6.63. The third-order valence-corrected chi connectivity index (χ3v) is 6.85. The summed E-state index contributed by atoms with van der Waals surface area (Å²) in [5.74, 6) is -1.66. The Morgan fingerprint density at radius 2 is 1.82 bits per heavy atom. The van der Waals surface area contributed by atoms with Gasteiger partial charge in [0.1, 0.15) is 5.84 Å². The number of amidine groups is 1. The summed E-state index contributed by atoms with van der Waals surface area (Å²) in [6, 6.07) is 13.6. The molecule has 2 aromatic carbocycles. The van der Waals surface area contributed by atoms with Gasteiger partial charge in [0.2, 0.25) is 13.7 Å². The maximum atomic E-state index is 9.62. The summed E-state index contributed by atoms with van der Waals surface area (Å²) in [6.07, 6.45) is 2.56. The molecule has 1 atom stereocenters. The third kappa shape index (κ3) is 4.89. The van der Waals surface area contributed by atoms with E-state index in [9.17, 15) is 15.5 Å². The van der Waals surface area contributed by atoms with Crippen LogP contribution in [0.4, 0.5) is 0 Å². The van der Waals surface area contributed by atoms with Crippen LogP contribution >= 0.6 is 11.6 Å². The van der Waals surface area contributed by atoms with E-state index in [0.717, 1.165) is 35.1 Å². The van der Waals surface area contributed by atoms with Gasteiger partial charge in [0.25, 0.3) is 0 Å². The Labute approximate surface area is 205 Å². The van der Waals surface area contributed by atoms with Crippen molar-refractivity contribution in [3.63, 3.8) is 0 Å². The molecule has 2 aliphatic rings. The first-order chi connectivity index (χ1) is 16.0. The molecule has 1 aliphatic heterocycles. The number of nitriles is 1. The van der Waals surface area contributed by atoms with E-state index < -0.39 is 11.5 Å². The number of ether oxygens (including phenoxy) is 1. The minimum absolute atomic E-state index is 0.0648. The second-order valence-corrected chi connectivity index (χ2v) is 9.75. The van der Waals surface area contributed by atoms with E-state index in [1.807, 2.05) is 38.1 Å². The Hall–Kier alpha value is -2.70. The van der Waals surface area contributed by atoms with Crippen molar-refractivity contribution < 1.29 is 14.9 Å². The molecule has 0 radical (unpaired) electrons. The molecule has 4 rings (SSSR count). The quantitative estimate of drug-likeness (QED) is 0.450. The summed E-state index contributed by atoms with van der Waals surface area (Å²) in [4.78, 5) is 9.93. The van der Waals surface area contributed by atoms with E-state index >= 15 is 0 Å². The van der Waals surface area contributed by atoms with Crippen LogP contribution in [0.15, 0.2) is 46.4 Å². The molecule has 34 heavy (non-hydrogen) atoms. The molecule has 4 N–H and O–H groups in total. The van der Waals surface area contributed by atoms with E-state index in [2.05, 4.69) is 12.1 Å². The fraction of sp³-hybridized carbons (Fsp3) is 0.400. The van der Waals surface area contributed by atoms with Crippen LogP contribution in [0.2, 0.25) is 5.02 Å². The summed E-state index contributed by atoms with van der Waals surface area (Å²) >= 11 is 6.26. The number of aryl methyl sites for hydroxylation is 1. The molecule has 176 valence electrons. The molecule has 9 heteroatoms. The lowest BCUT2D eigenvalue weighted by atomic mass is 9.74. The van der Waals surface area contributed by atoms with Crippen LogP contribution in [0.25, 0.3) is 11.1 Å². The zero-order valence-corrected chi connectivity index (χ0v) is 20.3. The normalized spacial score (nSPS) is 24.9. The SMILES string of the molecule is BC(O)(O)OC1CCC(C2(c3cc(-c4cc(Cl)cc(C#N)c4)ccc3C)N=C(C)C(N)=N2)CC1. The molecule has 0 aromatic heterocycles. The number of nitrogens with zero attached hydrogens (tertiary/aromatic N) is 3. The molecular weight excluding hydrogens is 451 g/mol. The number of hydrogen-bond acceptors (Lipinski definition) is 7. The zero-order valence-electron chi connectivity index (χ0n) is 19.5. The molecule has 0 amide bonds. The molecule has 1 aliphatic carbocycles. The summed E-state index contributed by atoms with van der Waals surface area (Å²) in [5, 5.41) is 29.1. The molecule has 0 saturated heterocycles. The minimum Gasteiger partial charge on any atom is -0.382 e. The van der Waals surface area contributed by atoms with Gasteiger partial charge in [0.15, 0.2) is 5.66 Å². The molecule has 0 spiro atoms. The first-order valence-corrected chi connectivity index (χ1v) is 11.8. The highest BCUT2D eigenvalue weighted by Gasteiger charge is 2.46. The number of benzene rings is 2. The van der Waals surface area contributed by atoms with E-state index in [4.69, 9.17) is 32.1 Å². The number of rotatable bonds is 5. The lowest BCUT2D eigenvalue weighted by Crippen LogP contribution is -2.41. The molecule has 1 heterocycles. The van der Waals surface area contributed by atoms with Crippen molar-refractivity contribution in [2.75, 3.05) is 0 Å². The number of nitrogens with two attached hydrogens (primary N) is 1. The molecule has 1 fully saturated rings. The summed E-state index contributed by atoms with van der Waals surface area (Å²) in [7, 11) is 1.22. The second-order valence-electron chi connectivity index (χ2n) is 9.32. The standard InChI is InChI=1S/C25H28BClN4O3/c1-14-3-4-17(18-9-16(13-28)10-20(27)11-18)12-22(14)24(30-15(2)23(29)31-24)19-5-7-21(8-6-19)34-25(26,32)33/h3-4,9-12,19,21,32-33H,5-8,26H2,1-2H3,(H2,29,31). The van der Waals surface area contributed by atoms with Crippen molar-refractivity contribution in [2.24, 2.45) is 21.6 Å². The van der Waals surface area contributed by atoms with Gasteiger partial charge in [0.05, 0.1) is 23.4 Å². The van der Waals surface area contributed by atoms with Crippen LogP contribution in [-0.2, 0) is 10.4 Å². The van der Waals surface area contributed by atoms with Gasteiger partial charge in [-0.3, -0.25) is 4.99 Å². The topological polar surface area (TPSA) is 124 Å². The monoisotopic (exact) mass is 478 g/mol. The van der Waals surface area contributed by atoms with E-state index in [1.54, 1.807) is 6.07 Å². The van der Waals surface area contributed by atoms with E-state index in [0.29, 0.717) is 35.0 Å². The van der Waals surface area contributed by atoms with Gasteiger partial charge in [-0.15, -0.1) is 0 Å². The van der Waals surface area contributed by atoms with Crippen LogP contribution in [0.3, 0.4) is 0 Å². The van der Waals surface area contributed by atoms with Crippen molar-refractivity contribution >= 4 is 31.0 Å². The van der Waals surface area contributed by atoms with Gasteiger partial charge in [-0.1, -0.05) is 23.7 Å². The Bertz CT molecular complexity index is 1190. The first-order valence-electron chi connectivity index (χ1n) is 11.4. The van der Waals surface area contributed by atoms with Crippen molar-refractivity contribution in [2.45, 2.75) is 57.2 Å². The number of aliphatic hydroxyl groups is 2. The first kappa shape index (κ1) is 24.4. The Kier molecular flexibility index (Phi) is 6.58. The average molecular weight is 479 g/mol. The van der Waals surface area contributed by atoms with Crippen molar-refractivity contribution in [3.05, 3.63) is 58.1 Å². The molecule has 0 bridgehead atoms. The fourth-order valence-corrected chi connectivity index (χ4v) is 5.28. The van der Waals surface area contributed by atoms with Gasteiger partial charge < -0.3 is 20.7 Å². The van der Waals surface area contributed by atoms with Crippen molar-refractivity contribution in [1.29, 1.82) is 5.26 Å². The molecule has 2 aromatic rings. The van der Waals surface area contributed by atoms with Crippen LogP contribution in [0.5, 0.6) is 0 Å². The highest BCUT2D eigenvalue weighted by Crippen LogP contribution is 2.48. The van der Waals surface area contributed by atoms with Gasteiger partial charge in [-0.25, -0.2) is 4.99 Å².